The molecule has 0 aromatic heterocycles. The van der Waals surface area contributed by atoms with Gasteiger partial charge in [0.25, 0.3) is 0 Å². The molecule has 2 N–H and O–H groups in total. The number of amides is 2. The van der Waals surface area contributed by atoms with Gasteiger partial charge in [0.1, 0.15) is 0 Å². The molecule has 0 aliphatic heterocycles. The van der Waals surface area contributed by atoms with Gasteiger partial charge in [-0.05, 0) is 27.7 Å². The molecule has 0 aromatic carbocycles. The molecule has 8 nitrogen and oxygen atoms in total. The molecule has 0 aromatic rings. The maximum Gasteiger partial charge on any atom is 0.223 e. The van der Waals surface area contributed by atoms with Crippen LogP contribution < -0.4 is 5.73 Å². The van der Waals surface area contributed by atoms with Gasteiger partial charge in [-0.1, -0.05) is 0 Å². The summed E-state index contributed by atoms with van der Waals surface area (Å²) in [7, 11) is 0. The van der Waals surface area contributed by atoms with E-state index in [2.05, 4.69) is 0 Å². The molecule has 0 aliphatic rings. The smallest absolute Gasteiger partial charge is 0.223 e. The van der Waals surface area contributed by atoms with Crippen molar-refractivity contribution in [2.24, 2.45) is 5.73 Å². The molecule has 0 atom stereocenters. The summed E-state index contributed by atoms with van der Waals surface area (Å²) in [6.45, 7) is 10.7. The van der Waals surface area contributed by atoms with E-state index in [1.54, 1.807) is 4.90 Å². The molecule has 0 bridgehead atoms. The molecule has 0 fully saturated rings. The highest BCUT2D eigenvalue weighted by Crippen LogP contribution is 2.09. The average molecular weight is 376 g/mol. The van der Waals surface area contributed by atoms with Crippen LogP contribution in [0.15, 0.2) is 0 Å². The fraction of sp³-hybridized carbons (Fsp3) is 0.889. The molecule has 0 rings (SSSR count). The van der Waals surface area contributed by atoms with Gasteiger partial charge in [0.05, 0.1) is 0 Å². The van der Waals surface area contributed by atoms with Gasteiger partial charge in [-0.2, -0.15) is 0 Å². The third-order valence-electron chi connectivity index (χ3n) is 3.62. The number of nitrogens with two attached hydrogens (primary N) is 1. The number of nitrogens with zero attached hydrogens (tertiary/aromatic N) is 1. The lowest BCUT2D eigenvalue weighted by molar-refractivity contribution is -0.153. The molecule has 154 valence electrons. The van der Waals surface area contributed by atoms with E-state index in [0.717, 1.165) is 0 Å². The van der Waals surface area contributed by atoms with Crippen LogP contribution in [0, 0.1) is 0 Å². The quantitative estimate of drug-likeness (QED) is 0.388. The minimum Gasteiger partial charge on any atom is -0.370 e. The van der Waals surface area contributed by atoms with Gasteiger partial charge in [-0.25, -0.2) is 0 Å². The Kier molecular flexibility index (Phi) is 15.2. The lowest BCUT2D eigenvalue weighted by atomic mass is 10.2. The van der Waals surface area contributed by atoms with E-state index in [-0.39, 0.29) is 31.3 Å². The van der Waals surface area contributed by atoms with Crippen molar-refractivity contribution in [1.29, 1.82) is 0 Å². The van der Waals surface area contributed by atoms with E-state index >= 15 is 0 Å². The first kappa shape index (κ1) is 24.8. The van der Waals surface area contributed by atoms with Crippen molar-refractivity contribution in [3.05, 3.63) is 0 Å². The lowest BCUT2D eigenvalue weighted by Crippen LogP contribution is -2.37. The van der Waals surface area contributed by atoms with Crippen LogP contribution in [0.25, 0.3) is 0 Å². The Labute approximate surface area is 157 Å². The third kappa shape index (κ3) is 12.2. The van der Waals surface area contributed by atoms with Crippen LogP contribution in [-0.2, 0) is 28.5 Å². The van der Waals surface area contributed by atoms with Crippen molar-refractivity contribution in [2.45, 2.75) is 66.0 Å². The van der Waals surface area contributed by atoms with E-state index in [9.17, 15) is 9.59 Å². The van der Waals surface area contributed by atoms with Crippen LogP contribution in [0.3, 0.4) is 0 Å². The summed E-state index contributed by atoms with van der Waals surface area (Å²) in [5.74, 6) is -0.608. The molecule has 2 amide bonds. The Morgan fingerprint density at radius 2 is 1.15 bits per heavy atom. The maximum atomic E-state index is 12.5. The van der Waals surface area contributed by atoms with Crippen LogP contribution in [0.5, 0.6) is 0 Å². The second-order valence-electron chi connectivity index (χ2n) is 5.60. The zero-order chi connectivity index (χ0) is 19.8. The molecule has 0 unspecified atom stereocenters. The predicted octanol–water partition coefficient (Wildman–Crippen LogP) is 1.66. The van der Waals surface area contributed by atoms with Crippen molar-refractivity contribution in [2.75, 3.05) is 39.5 Å². The summed E-state index contributed by atoms with van der Waals surface area (Å²) in [4.78, 5) is 25.1. The Morgan fingerprint density at radius 1 is 0.769 bits per heavy atom. The Morgan fingerprint density at radius 3 is 1.46 bits per heavy atom. The van der Waals surface area contributed by atoms with Crippen molar-refractivity contribution in [3.63, 3.8) is 0 Å². The monoisotopic (exact) mass is 376 g/mol. The molecule has 0 saturated heterocycles. The number of hydrogen-bond donors (Lipinski definition) is 1. The second kappa shape index (κ2) is 16.0. The van der Waals surface area contributed by atoms with E-state index < -0.39 is 5.91 Å². The van der Waals surface area contributed by atoms with Crippen LogP contribution in [0.1, 0.15) is 53.4 Å². The average Bonchev–Trinajstić information content (AvgIpc) is 2.60. The SMILES string of the molecule is CCOC(CCN(CCC(OCC)OCC)C(=O)CCC(N)=O)OCC. The molecule has 0 radical (unpaired) electrons. The van der Waals surface area contributed by atoms with E-state index in [1.165, 1.54) is 0 Å². The first-order valence-corrected chi connectivity index (χ1v) is 9.50. The number of carbonyl (C=O) groups is 2. The highest BCUT2D eigenvalue weighted by Gasteiger charge is 2.19. The minimum atomic E-state index is -0.485. The highest BCUT2D eigenvalue weighted by atomic mass is 16.7. The van der Waals surface area contributed by atoms with Gasteiger partial charge in [0.2, 0.25) is 11.8 Å². The lowest BCUT2D eigenvalue weighted by Gasteiger charge is -2.27. The third-order valence-corrected chi connectivity index (χ3v) is 3.62. The second-order valence-corrected chi connectivity index (χ2v) is 5.60. The van der Waals surface area contributed by atoms with Gasteiger partial charge in [0, 0.05) is 65.2 Å². The van der Waals surface area contributed by atoms with E-state index in [1.807, 2.05) is 27.7 Å². The van der Waals surface area contributed by atoms with Gasteiger partial charge in [0.15, 0.2) is 12.6 Å². The summed E-state index contributed by atoms with van der Waals surface area (Å²) < 4.78 is 22.1. The number of hydrogen-bond acceptors (Lipinski definition) is 6. The van der Waals surface area contributed by atoms with Gasteiger partial charge in [-0.3, -0.25) is 9.59 Å². The largest absolute Gasteiger partial charge is 0.370 e. The molecular formula is C18H36N2O6. The van der Waals surface area contributed by atoms with Gasteiger partial charge >= 0.3 is 0 Å². The zero-order valence-electron chi connectivity index (χ0n) is 16.7. The molecule has 0 aliphatic carbocycles. The molecule has 8 heteroatoms. The summed E-state index contributed by atoms with van der Waals surface area (Å²) in [5.41, 5.74) is 5.15. The zero-order valence-corrected chi connectivity index (χ0v) is 16.7. The maximum absolute atomic E-state index is 12.5. The summed E-state index contributed by atoms with van der Waals surface area (Å²) in [5, 5.41) is 0. The van der Waals surface area contributed by atoms with Crippen molar-refractivity contribution in [3.8, 4) is 0 Å². The van der Waals surface area contributed by atoms with Crippen molar-refractivity contribution < 1.29 is 28.5 Å². The minimum absolute atomic E-state index is 0.0377. The summed E-state index contributed by atoms with van der Waals surface area (Å²) in [6, 6.07) is 0. The number of rotatable bonds is 17. The Balaban J connectivity index is 4.75. The van der Waals surface area contributed by atoms with E-state index in [4.69, 9.17) is 24.7 Å². The normalized spacial score (nSPS) is 11.3. The molecular weight excluding hydrogens is 340 g/mol. The topological polar surface area (TPSA) is 100 Å². The Bertz CT molecular complexity index is 349. The molecule has 26 heavy (non-hydrogen) atoms. The van der Waals surface area contributed by atoms with E-state index in [0.29, 0.717) is 52.4 Å². The number of primary amides is 1. The van der Waals surface area contributed by atoms with Crippen LogP contribution in [0.2, 0.25) is 0 Å². The number of ether oxygens (including phenoxy) is 4. The molecule has 0 heterocycles. The standard InChI is InChI=1S/C18H36N2O6/c1-5-23-17(24-6-2)11-13-20(16(22)10-9-15(19)21)14-12-18(25-7-3)26-8-4/h17-18H,5-14H2,1-4H3,(H2,19,21). The highest BCUT2D eigenvalue weighted by molar-refractivity contribution is 5.82. The van der Waals surface area contributed by atoms with Crippen LogP contribution in [0.4, 0.5) is 0 Å². The summed E-state index contributed by atoms with van der Waals surface area (Å²) >= 11 is 0. The van der Waals surface area contributed by atoms with Gasteiger partial charge in [-0.15, -0.1) is 0 Å². The fourth-order valence-electron chi connectivity index (χ4n) is 2.45. The number of carbonyl (C=O) groups excluding carboxylic acids is 2. The van der Waals surface area contributed by atoms with Crippen LogP contribution >= 0.6 is 0 Å². The van der Waals surface area contributed by atoms with Crippen molar-refractivity contribution >= 4 is 11.8 Å². The van der Waals surface area contributed by atoms with Crippen molar-refractivity contribution in [1.82, 2.24) is 4.90 Å². The first-order chi connectivity index (χ1) is 12.5. The Hall–Kier alpha value is -1.22. The van der Waals surface area contributed by atoms with Crippen LogP contribution in [-0.4, -0.2) is 68.8 Å². The molecule has 0 spiro atoms. The molecule has 0 saturated carbocycles. The fourth-order valence-corrected chi connectivity index (χ4v) is 2.45. The first-order valence-electron chi connectivity index (χ1n) is 9.50. The van der Waals surface area contributed by atoms with Gasteiger partial charge < -0.3 is 29.6 Å². The predicted molar refractivity (Wildman–Crippen MR) is 98.3 cm³/mol. The summed E-state index contributed by atoms with van der Waals surface area (Å²) in [6.07, 6.45) is 0.528.